The summed E-state index contributed by atoms with van der Waals surface area (Å²) in [4.78, 5) is 4.51. The number of nitrogens with one attached hydrogen (secondary N) is 1. The highest BCUT2D eigenvalue weighted by Gasteiger charge is 2.16. The van der Waals surface area contributed by atoms with Crippen LogP contribution in [0.25, 0.3) is 0 Å². The predicted octanol–water partition coefficient (Wildman–Crippen LogP) is 3.26. The highest BCUT2D eigenvalue weighted by molar-refractivity contribution is 9.10. The minimum Gasteiger partial charge on any atom is -0.330 e. The SMILES string of the molecule is CC(C)n1cc(Br)nc1CNC1CCCC1. The molecule has 4 heteroatoms. The summed E-state index contributed by atoms with van der Waals surface area (Å²) in [7, 11) is 0. The highest BCUT2D eigenvalue weighted by Crippen LogP contribution is 2.19. The Morgan fingerprint density at radius 3 is 2.81 bits per heavy atom. The average molecular weight is 286 g/mol. The van der Waals surface area contributed by atoms with Crippen molar-refractivity contribution in [3.8, 4) is 0 Å². The molecule has 0 bridgehead atoms. The van der Waals surface area contributed by atoms with Crippen LogP contribution in [-0.2, 0) is 6.54 Å². The maximum Gasteiger partial charge on any atom is 0.124 e. The van der Waals surface area contributed by atoms with Crippen LogP contribution >= 0.6 is 15.9 Å². The van der Waals surface area contributed by atoms with E-state index in [-0.39, 0.29) is 0 Å². The molecule has 1 saturated carbocycles. The van der Waals surface area contributed by atoms with Crippen molar-refractivity contribution in [3.63, 3.8) is 0 Å². The topological polar surface area (TPSA) is 29.9 Å². The summed E-state index contributed by atoms with van der Waals surface area (Å²) in [5.74, 6) is 1.13. The van der Waals surface area contributed by atoms with Crippen LogP contribution in [0.3, 0.4) is 0 Å². The molecule has 0 saturated heterocycles. The molecule has 16 heavy (non-hydrogen) atoms. The van der Waals surface area contributed by atoms with Gasteiger partial charge in [-0.25, -0.2) is 4.98 Å². The molecular formula is C12H20BrN3. The fourth-order valence-corrected chi connectivity index (χ4v) is 2.77. The van der Waals surface area contributed by atoms with Gasteiger partial charge in [0.25, 0.3) is 0 Å². The second-order valence-corrected chi connectivity index (χ2v) is 5.66. The average Bonchev–Trinajstić information content (AvgIpc) is 2.83. The molecule has 1 aliphatic carbocycles. The van der Waals surface area contributed by atoms with Crippen molar-refractivity contribution in [1.82, 2.24) is 14.9 Å². The predicted molar refractivity (Wildman–Crippen MR) is 69.4 cm³/mol. The van der Waals surface area contributed by atoms with Crippen LogP contribution in [0.2, 0.25) is 0 Å². The van der Waals surface area contributed by atoms with E-state index >= 15 is 0 Å². The van der Waals surface area contributed by atoms with Gasteiger partial charge < -0.3 is 9.88 Å². The maximum absolute atomic E-state index is 4.51. The molecule has 1 fully saturated rings. The molecule has 0 spiro atoms. The lowest BCUT2D eigenvalue weighted by molar-refractivity contribution is 0.484. The molecule has 0 radical (unpaired) electrons. The van der Waals surface area contributed by atoms with Crippen molar-refractivity contribution < 1.29 is 0 Å². The Hall–Kier alpha value is -0.350. The van der Waals surface area contributed by atoms with E-state index in [0.717, 1.165) is 17.0 Å². The molecule has 0 atom stereocenters. The molecule has 0 amide bonds. The number of imidazole rings is 1. The molecule has 1 N–H and O–H groups in total. The van der Waals surface area contributed by atoms with Crippen molar-refractivity contribution in [2.75, 3.05) is 0 Å². The van der Waals surface area contributed by atoms with E-state index in [0.29, 0.717) is 12.1 Å². The molecule has 0 aliphatic heterocycles. The van der Waals surface area contributed by atoms with Crippen LogP contribution in [-0.4, -0.2) is 15.6 Å². The van der Waals surface area contributed by atoms with Gasteiger partial charge in [-0.15, -0.1) is 0 Å². The Morgan fingerprint density at radius 2 is 2.19 bits per heavy atom. The fraction of sp³-hybridized carbons (Fsp3) is 0.750. The molecular weight excluding hydrogens is 266 g/mol. The van der Waals surface area contributed by atoms with Gasteiger partial charge in [-0.1, -0.05) is 12.8 Å². The standard InChI is InChI=1S/C12H20BrN3/c1-9(2)16-8-11(13)15-12(16)7-14-10-5-3-4-6-10/h8-10,14H,3-7H2,1-2H3. The highest BCUT2D eigenvalue weighted by atomic mass is 79.9. The van der Waals surface area contributed by atoms with Gasteiger partial charge in [0.15, 0.2) is 0 Å². The van der Waals surface area contributed by atoms with Crippen molar-refractivity contribution in [3.05, 3.63) is 16.6 Å². The summed E-state index contributed by atoms with van der Waals surface area (Å²) in [6, 6.07) is 1.18. The Morgan fingerprint density at radius 1 is 1.50 bits per heavy atom. The van der Waals surface area contributed by atoms with E-state index < -0.39 is 0 Å². The van der Waals surface area contributed by atoms with Crippen LogP contribution < -0.4 is 5.32 Å². The second-order valence-electron chi connectivity index (χ2n) is 4.84. The van der Waals surface area contributed by atoms with E-state index in [1.54, 1.807) is 0 Å². The van der Waals surface area contributed by atoms with Gasteiger partial charge in [0, 0.05) is 18.3 Å². The van der Waals surface area contributed by atoms with Crippen molar-refractivity contribution in [2.24, 2.45) is 0 Å². The van der Waals surface area contributed by atoms with Crippen LogP contribution in [0.15, 0.2) is 10.8 Å². The van der Waals surface area contributed by atoms with Gasteiger partial charge in [-0.3, -0.25) is 0 Å². The first-order valence-electron chi connectivity index (χ1n) is 6.13. The summed E-state index contributed by atoms with van der Waals surface area (Å²) >= 11 is 3.45. The van der Waals surface area contributed by atoms with Gasteiger partial charge in [-0.2, -0.15) is 0 Å². The van der Waals surface area contributed by atoms with Gasteiger partial charge >= 0.3 is 0 Å². The van der Waals surface area contributed by atoms with Gasteiger partial charge in [-0.05, 0) is 42.6 Å². The van der Waals surface area contributed by atoms with Gasteiger partial charge in [0.1, 0.15) is 10.4 Å². The minimum atomic E-state index is 0.471. The summed E-state index contributed by atoms with van der Waals surface area (Å²) < 4.78 is 3.16. The molecule has 1 aromatic heterocycles. The monoisotopic (exact) mass is 285 g/mol. The number of aromatic nitrogens is 2. The number of hydrogen-bond acceptors (Lipinski definition) is 2. The molecule has 1 aromatic rings. The lowest BCUT2D eigenvalue weighted by atomic mass is 10.2. The third-order valence-electron chi connectivity index (χ3n) is 3.24. The maximum atomic E-state index is 4.51. The van der Waals surface area contributed by atoms with Crippen LogP contribution in [0.1, 0.15) is 51.4 Å². The van der Waals surface area contributed by atoms with Gasteiger partial charge in [0.2, 0.25) is 0 Å². The van der Waals surface area contributed by atoms with Crippen molar-refractivity contribution >= 4 is 15.9 Å². The minimum absolute atomic E-state index is 0.471. The number of halogens is 1. The van der Waals surface area contributed by atoms with Crippen LogP contribution in [0, 0.1) is 0 Å². The van der Waals surface area contributed by atoms with Crippen LogP contribution in [0.5, 0.6) is 0 Å². The van der Waals surface area contributed by atoms with E-state index in [4.69, 9.17) is 0 Å². The quantitative estimate of drug-likeness (QED) is 0.920. The normalized spacial score (nSPS) is 17.5. The van der Waals surface area contributed by atoms with Crippen molar-refractivity contribution in [1.29, 1.82) is 0 Å². The molecule has 2 rings (SSSR count). The summed E-state index contributed by atoms with van der Waals surface area (Å²) in [5.41, 5.74) is 0. The van der Waals surface area contributed by atoms with E-state index in [2.05, 4.69) is 50.8 Å². The summed E-state index contributed by atoms with van der Waals surface area (Å²) in [6.07, 6.45) is 7.46. The number of rotatable bonds is 4. The molecule has 0 unspecified atom stereocenters. The molecule has 1 heterocycles. The zero-order valence-electron chi connectivity index (χ0n) is 10.0. The first kappa shape index (κ1) is 12.1. The molecule has 90 valence electrons. The van der Waals surface area contributed by atoms with Crippen molar-refractivity contribution in [2.45, 2.75) is 58.2 Å². The summed E-state index contributed by atoms with van der Waals surface area (Å²) in [5, 5.41) is 3.60. The van der Waals surface area contributed by atoms with Gasteiger partial charge in [0.05, 0.1) is 6.54 Å². The third kappa shape index (κ3) is 2.86. The first-order chi connectivity index (χ1) is 7.66. The largest absolute Gasteiger partial charge is 0.330 e. The van der Waals surface area contributed by atoms with E-state index in [9.17, 15) is 0 Å². The number of hydrogen-bond donors (Lipinski definition) is 1. The Balaban J connectivity index is 1.97. The molecule has 0 aromatic carbocycles. The second kappa shape index (κ2) is 5.32. The Labute approximate surface area is 106 Å². The van der Waals surface area contributed by atoms with E-state index in [1.807, 2.05) is 0 Å². The fourth-order valence-electron chi connectivity index (χ4n) is 2.34. The van der Waals surface area contributed by atoms with E-state index in [1.165, 1.54) is 25.7 Å². The summed E-state index contributed by atoms with van der Waals surface area (Å²) in [6.45, 7) is 5.26. The number of nitrogens with zero attached hydrogens (tertiary/aromatic N) is 2. The smallest absolute Gasteiger partial charge is 0.124 e. The zero-order valence-corrected chi connectivity index (χ0v) is 11.6. The first-order valence-corrected chi connectivity index (χ1v) is 6.92. The lowest BCUT2D eigenvalue weighted by Gasteiger charge is -2.14. The Kier molecular flexibility index (Phi) is 4.03. The third-order valence-corrected chi connectivity index (χ3v) is 3.62. The van der Waals surface area contributed by atoms with Crippen LogP contribution in [0.4, 0.5) is 0 Å². The molecule has 3 nitrogen and oxygen atoms in total. The molecule has 1 aliphatic rings. The lowest BCUT2D eigenvalue weighted by Crippen LogP contribution is -2.27. The Bertz CT molecular complexity index is 340. The zero-order chi connectivity index (χ0) is 11.5.